The summed E-state index contributed by atoms with van der Waals surface area (Å²) in [6.45, 7) is 11.4. The first-order valence-corrected chi connectivity index (χ1v) is 14.0. The topological polar surface area (TPSA) is 116 Å². The molecule has 10 nitrogen and oxygen atoms in total. The number of aromatic nitrogens is 1. The number of esters is 1. The molecule has 0 N–H and O–H groups in total. The zero-order valence-corrected chi connectivity index (χ0v) is 24.0. The van der Waals surface area contributed by atoms with Crippen molar-refractivity contribution < 1.29 is 19.2 Å². The monoisotopic (exact) mass is 564 g/mol. The summed E-state index contributed by atoms with van der Waals surface area (Å²) in [6, 6.07) is 11.1. The van der Waals surface area contributed by atoms with E-state index in [1.165, 1.54) is 28.0 Å². The number of hydrogen-bond donors (Lipinski definition) is 0. The Balaban J connectivity index is 1.96. The van der Waals surface area contributed by atoms with Crippen molar-refractivity contribution in [3.05, 3.63) is 94.7 Å². The van der Waals surface area contributed by atoms with Gasteiger partial charge in [-0.3, -0.25) is 19.5 Å². The van der Waals surface area contributed by atoms with E-state index in [9.17, 15) is 19.7 Å². The Morgan fingerprint density at radius 2 is 1.82 bits per heavy atom. The molecule has 0 fully saturated rings. The molecule has 0 saturated heterocycles. The molecule has 11 heteroatoms. The number of thiazole rings is 1. The molecule has 0 amide bonds. The highest BCUT2D eigenvalue weighted by atomic mass is 32.1. The van der Waals surface area contributed by atoms with Gasteiger partial charge in [0.05, 0.1) is 40.0 Å². The Morgan fingerprint density at radius 1 is 1.12 bits per heavy atom. The lowest BCUT2D eigenvalue weighted by molar-refractivity contribution is -0.384. The highest BCUT2D eigenvalue weighted by molar-refractivity contribution is 7.07. The summed E-state index contributed by atoms with van der Waals surface area (Å²) >= 11 is 1.18. The maximum Gasteiger partial charge on any atom is 0.338 e. The van der Waals surface area contributed by atoms with Gasteiger partial charge < -0.3 is 14.4 Å². The highest BCUT2D eigenvalue weighted by Gasteiger charge is 2.33. The number of nitrogens with zero attached hydrogens (tertiary/aromatic N) is 4. The van der Waals surface area contributed by atoms with E-state index in [1.54, 1.807) is 38.1 Å². The predicted molar refractivity (Wildman–Crippen MR) is 155 cm³/mol. The van der Waals surface area contributed by atoms with Gasteiger partial charge in [-0.1, -0.05) is 23.5 Å². The van der Waals surface area contributed by atoms with E-state index in [4.69, 9.17) is 9.47 Å². The molecule has 2 heterocycles. The molecule has 0 radical (unpaired) electrons. The number of anilines is 1. The first kappa shape index (κ1) is 28.8. The lowest BCUT2D eigenvalue weighted by Gasteiger charge is -2.24. The summed E-state index contributed by atoms with van der Waals surface area (Å²) in [5, 5.41) is 11.5. The predicted octanol–water partition coefficient (Wildman–Crippen LogP) is 3.95. The summed E-state index contributed by atoms with van der Waals surface area (Å²) in [4.78, 5) is 45.3. The summed E-state index contributed by atoms with van der Waals surface area (Å²) in [6.07, 6.45) is 1.67. The fourth-order valence-electron chi connectivity index (χ4n) is 4.78. The van der Waals surface area contributed by atoms with Crippen LogP contribution in [-0.4, -0.2) is 41.8 Å². The number of ether oxygens (including phenoxy) is 2. The van der Waals surface area contributed by atoms with Crippen LogP contribution < -0.4 is 24.5 Å². The molecule has 0 bridgehead atoms. The van der Waals surface area contributed by atoms with E-state index >= 15 is 0 Å². The van der Waals surface area contributed by atoms with Crippen LogP contribution in [0.25, 0.3) is 6.08 Å². The number of non-ortho nitro benzene ring substituents is 1. The van der Waals surface area contributed by atoms with Crippen molar-refractivity contribution in [2.45, 2.75) is 40.7 Å². The number of nitro groups is 1. The Labute approximate surface area is 235 Å². The van der Waals surface area contributed by atoms with Crippen LogP contribution in [0.1, 0.15) is 51.8 Å². The van der Waals surface area contributed by atoms with Crippen molar-refractivity contribution in [1.29, 1.82) is 0 Å². The van der Waals surface area contributed by atoms with Crippen molar-refractivity contribution in [3.63, 3.8) is 0 Å². The van der Waals surface area contributed by atoms with Gasteiger partial charge in [0.2, 0.25) is 0 Å². The first-order valence-electron chi connectivity index (χ1n) is 13.2. The van der Waals surface area contributed by atoms with Crippen LogP contribution in [0.4, 0.5) is 11.4 Å². The Morgan fingerprint density at radius 3 is 2.42 bits per heavy atom. The third kappa shape index (κ3) is 5.55. The molecule has 2 aromatic carbocycles. The average Bonchev–Trinajstić information content (AvgIpc) is 3.24. The summed E-state index contributed by atoms with van der Waals surface area (Å²) in [7, 11) is 0. The van der Waals surface area contributed by atoms with Crippen molar-refractivity contribution in [1.82, 2.24) is 4.57 Å². The van der Waals surface area contributed by atoms with Crippen LogP contribution >= 0.6 is 11.3 Å². The fourth-order valence-corrected chi connectivity index (χ4v) is 5.82. The third-order valence-corrected chi connectivity index (χ3v) is 7.62. The van der Waals surface area contributed by atoms with Gasteiger partial charge in [-0.15, -0.1) is 0 Å². The van der Waals surface area contributed by atoms with Crippen LogP contribution in [-0.2, 0) is 9.53 Å². The molecule has 1 aromatic heterocycles. The van der Waals surface area contributed by atoms with Crippen LogP contribution in [0.2, 0.25) is 0 Å². The second-order valence-corrected chi connectivity index (χ2v) is 9.99. The van der Waals surface area contributed by atoms with Crippen molar-refractivity contribution >= 4 is 34.8 Å². The highest BCUT2D eigenvalue weighted by Crippen LogP contribution is 2.32. The second-order valence-electron chi connectivity index (χ2n) is 8.98. The number of benzene rings is 2. The maximum atomic E-state index is 14.0. The van der Waals surface area contributed by atoms with Gasteiger partial charge >= 0.3 is 5.97 Å². The Hall–Kier alpha value is -4.25. The molecule has 1 aliphatic heterocycles. The fraction of sp³-hybridized carbons (Fsp3) is 0.345. The maximum absolute atomic E-state index is 14.0. The van der Waals surface area contributed by atoms with Gasteiger partial charge in [0.15, 0.2) is 4.80 Å². The summed E-state index contributed by atoms with van der Waals surface area (Å²) in [5.41, 5.74) is 2.37. The lowest BCUT2D eigenvalue weighted by Crippen LogP contribution is -2.40. The standard InChI is InChI=1S/C29H32N4O6S/c1-6-31(7-2)23-15-12-21(33(36)37)16-20(23)17-24-27(34)32-26(19-10-13-22(14-11-19)38-8-3)25(28(35)39-9-4)18(5)30-29(32)40-24/h10-17,26H,6-9H2,1-5H3/b24-17+/t26-/m0/s1. The quantitative estimate of drug-likeness (QED) is 0.208. The van der Waals surface area contributed by atoms with E-state index in [-0.39, 0.29) is 23.4 Å². The molecular weight excluding hydrogens is 532 g/mol. The minimum absolute atomic E-state index is 0.0670. The van der Waals surface area contributed by atoms with E-state index in [2.05, 4.69) is 9.89 Å². The van der Waals surface area contributed by atoms with E-state index in [0.29, 0.717) is 51.6 Å². The van der Waals surface area contributed by atoms with Gasteiger partial charge in [-0.2, -0.15) is 0 Å². The van der Waals surface area contributed by atoms with Gasteiger partial charge in [-0.05, 0) is 64.5 Å². The zero-order valence-electron chi connectivity index (χ0n) is 23.2. The number of carbonyl (C=O) groups excluding carboxylic acids is 1. The number of allylic oxidation sites excluding steroid dienone is 1. The molecule has 1 aliphatic rings. The molecule has 0 aliphatic carbocycles. The second kappa shape index (κ2) is 12.3. The van der Waals surface area contributed by atoms with E-state index in [1.807, 2.05) is 32.9 Å². The van der Waals surface area contributed by atoms with Crippen molar-refractivity contribution in [2.75, 3.05) is 31.2 Å². The molecule has 0 saturated carbocycles. The molecular formula is C29H32N4O6S. The molecule has 40 heavy (non-hydrogen) atoms. The first-order chi connectivity index (χ1) is 19.2. The van der Waals surface area contributed by atoms with Crippen LogP contribution in [0.15, 0.2) is 63.5 Å². The molecule has 0 spiro atoms. The normalized spacial score (nSPS) is 14.9. The van der Waals surface area contributed by atoms with Gasteiger partial charge in [-0.25, -0.2) is 9.79 Å². The summed E-state index contributed by atoms with van der Waals surface area (Å²) in [5.74, 6) is 0.131. The molecule has 210 valence electrons. The number of fused-ring (bicyclic) bond motifs is 1. The minimum Gasteiger partial charge on any atom is -0.494 e. The van der Waals surface area contributed by atoms with Crippen molar-refractivity contribution in [2.24, 2.45) is 4.99 Å². The van der Waals surface area contributed by atoms with E-state index < -0.39 is 16.9 Å². The molecule has 3 aromatic rings. The SMILES string of the molecule is CCOC(=O)C1=C(C)N=c2s/c(=C/c3cc([N+](=O)[O-])ccc3N(CC)CC)c(=O)n2[C@H]1c1ccc(OCC)cc1. The molecule has 4 rings (SSSR count). The third-order valence-electron chi connectivity index (χ3n) is 6.64. The number of carbonyl (C=O) groups is 1. The zero-order chi connectivity index (χ0) is 29.0. The lowest BCUT2D eigenvalue weighted by atomic mass is 9.96. The van der Waals surface area contributed by atoms with Crippen LogP contribution in [0, 0.1) is 10.1 Å². The molecule has 1 atom stereocenters. The Kier molecular flexibility index (Phi) is 8.83. The Bertz CT molecular complexity index is 1630. The van der Waals surface area contributed by atoms with Gasteiger partial charge in [0.25, 0.3) is 11.2 Å². The number of hydrogen-bond acceptors (Lipinski definition) is 9. The van der Waals surface area contributed by atoms with Crippen LogP contribution in [0.3, 0.4) is 0 Å². The smallest absolute Gasteiger partial charge is 0.338 e. The van der Waals surface area contributed by atoms with Crippen LogP contribution in [0.5, 0.6) is 5.75 Å². The molecule has 0 unspecified atom stereocenters. The van der Waals surface area contributed by atoms with E-state index in [0.717, 1.165) is 5.69 Å². The van der Waals surface area contributed by atoms with Gasteiger partial charge in [0.1, 0.15) is 5.75 Å². The van der Waals surface area contributed by atoms with Gasteiger partial charge in [0, 0.05) is 36.5 Å². The largest absolute Gasteiger partial charge is 0.494 e. The summed E-state index contributed by atoms with van der Waals surface area (Å²) < 4.78 is 12.8. The average molecular weight is 565 g/mol. The van der Waals surface area contributed by atoms with Crippen molar-refractivity contribution in [3.8, 4) is 5.75 Å². The number of nitro benzene ring substituents is 1. The minimum atomic E-state index is -0.763. The number of rotatable bonds is 10.